The van der Waals surface area contributed by atoms with Crippen molar-refractivity contribution in [1.82, 2.24) is 9.97 Å². The summed E-state index contributed by atoms with van der Waals surface area (Å²) in [5.74, 6) is -0.349. The number of aromatic amines is 1. The first-order valence-corrected chi connectivity index (χ1v) is 5.13. The second kappa shape index (κ2) is 8.13. The number of nitrogens with two attached hydrogens (primary N) is 1. The molecule has 0 aliphatic carbocycles. The fourth-order valence-corrected chi connectivity index (χ4v) is 1.14. The zero-order valence-electron chi connectivity index (χ0n) is 9.31. The topological polar surface area (TPSA) is 81.0 Å². The largest absolute Gasteiger partial charge is 0.465 e. The molecule has 1 heterocycles. The summed E-state index contributed by atoms with van der Waals surface area (Å²) in [6.45, 7) is 2.49. The highest BCUT2D eigenvalue weighted by atomic mass is 35.5. The van der Waals surface area contributed by atoms with Crippen LogP contribution in [0, 0.1) is 0 Å². The fourth-order valence-electron chi connectivity index (χ4n) is 1.14. The van der Waals surface area contributed by atoms with Crippen molar-refractivity contribution in [1.29, 1.82) is 0 Å². The van der Waals surface area contributed by atoms with Crippen LogP contribution in [0.3, 0.4) is 0 Å². The maximum absolute atomic E-state index is 11.4. The number of carbonyl (C=O) groups is 1. The monoisotopic (exact) mass is 247 g/mol. The third-order valence-electron chi connectivity index (χ3n) is 2.04. The number of imidazole rings is 1. The molecule has 0 amide bonds. The maximum Gasteiger partial charge on any atom is 0.323 e. The van der Waals surface area contributed by atoms with E-state index in [1.54, 1.807) is 12.5 Å². The fraction of sp³-hybridized carbons (Fsp3) is 0.600. The van der Waals surface area contributed by atoms with Crippen LogP contribution >= 0.6 is 12.4 Å². The lowest BCUT2D eigenvalue weighted by atomic mass is 10.2. The molecule has 0 radical (unpaired) electrons. The number of hydrogen-bond acceptors (Lipinski definition) is 4. The number of carbonyl (C=O) groups excluding carboxylic acids is 1. The van der Waals surface area contributed by atoms with Gasteiger partial charge in [0.15, 0.2) is 0 Å². The molecular weight excluding hydrogens is 230 g/mol. The van der Waals surface area contributed by atoms with Gasteiger partial charge in [0.25, 0.3) is 0 Å². The standard InChI is InChI=1S/C10H17N3O2.ClH/c1-2-3-4-15-10(14)9(11)5-8-6-12-7-13-8;/h6-7,9H,2-5,11H2,1H3,(H,12,13);1H. The summed E-state index contributed by atoms with van der Waals surface area (Å²) < 4.78 is 4.99. The van der Waals surface area contributed by atoms with Gasteiger partial charge in [-0.15, -0.1) is 12.4 Å². The number of ether oxygens (including phenoxy) is 1. The number of H-pyrrole nitrogens is 1. The SMILES string of the molecule is CCCCOC(=O)C(N)Cc1cnc[nH]1.Cl. The van der Waals surface area contributed by atoms with E-state index in [2.05, 4.69) is 9.97 Å². The Morgan fingerprint density at radius 2 is 2.44 bits per heavy atom. The van der Waals surface area contributed by atoms with Crippen molar-refractivity contribution in [3.63, 3.8) is 0 Å². The minimum atomic E-state index is -0.609. The average Bonchev–Trinajstić information content (AvgIpc) is 2.70. The Kier molecular flexibility index (Phi) is 7.58. The molecule has 1 aromatic rings. The number of rotatable bonds is 6. The van der Waals surface area contributed by atoms with Gasteiger partial charge in [0, 0.05) is 18.3 Å². The zero-order valence-corrected chi connectivity index (χ0v) is 10.1. The van der Waals surface area contributed by atoms with E-state index in [9.17, 15) is 4.79 Å². The number of unbranched alkanes of at least 4 members (excludes halogenated alkanes) is 1. The van der Waals surface area contributed by atoms with Crippen molar-refractivity contribution in [2.75, 3.05) is 6.61 Å². The molecule has 0 fully saturated rings. The van der Waals surface area contributed by atoms with Gasteiger partial charge >= 0.3 is 5.97 Å². The van der Waals surface area contributed by atoms with E-state index >= 15 is 0 Å². The first-order chi connectivity index (χ1) is 7.24. The summed E-state index contributed by atoms with van der Waals surface area (Å²) in [6.07, 6.45) is 5.53. The lowest BCUT2D eigenvalue weighted by Crippen LogP contribution is -2.34. The van der Waals surface area contributed by atoms with Crippen LogP contribution in [-0.2, 0) is 16.0 Å². The number of aromatic nitrogens is 2. The summed E-state index contributed by atoms with van der Waals surface area (Å²) in [5.41, 5.74) is 6.51. The third kappa shape index (κ3) is 5.14. The van der Waals surface area contributed by atoms with Gasteiger partial charge in [0.2, 0.25) is 0 Å². The summed E-state index contributed by atoms with van der Waals surface area (Å²) in [7, 11) is 0. The molecule has 1 rings (SSSR count). The zero-order chi connectivity index (χ0) is 11.1. The van der Waals surface area contributed by atoms with Crippen LogP contribution < -0.4 is 5.73 Å². The van der Waals surface area contributed by atoms with Crippen LogP contribution in [0.2, 0.25) is 0 Å². The van der Waals surface area contributed by atoms with E-state index in [1.165, 1.54) is 0 Å². The van der Waals surface area contributed by atoms with E-state index in [0.717, 1.165) is 18.5 Å². The maximum atomic E-state index is 11.4. The molecule has 6 heteroatoms. The number of hydrogen-bond donors (Lipinski definition) is 2. The van der Waals surface area contributed by atoms with Crippen molar-refractivity contribution in [3.8, 4) is 0 Å². The summed E-state index contributed by atoms with van der Waals surface area (Å²) in [6, 6.07) is -0.609. The number of nitrogens with one attached hydrogen (secondary N) is 1. The van der Waals surface area contributed by atoms with Gasteiger partial charge < -0.3 is 15.5 Å². The summed E-state index contributed by atoms with van der Waals surface area (Å²) in [5, 5.41) is 0. The summed E-state index contributed by atoms with van der Waals surface area (Å²) >= 11 is 0. The molecular formula is C10H18ClN3O2. The molecule has 1 unspecified atom stereocenters. The third-order valence-corrected chi connectivity index (χ3v) is 2.04. The Hall–Kier alpha value is -1.07. The van der Waals surface area contributed by atoms with E-state index in [4.69, 9.17) is 10.5 Å². The van der Waals surface area contributed by atoms with Gasteiger partial charge in [0.05, 0.1) is 12.9 Å². The van der Waals surface area contributed by atoms with Crippen molar-refractivity contribution in [2.24, 2.45) is 5.73 Å². The lowest BCUT2D eigenvalue weighted by Gasteiger charge is -2.09. The van der Waals surface area contributed by atoms with Crippen LogP contribution in [0.1, 0.15) is 25.5 Å². The molecule has 0 saturated heterocycles. The van der Waals surface area contributed by atoms with E-state index < -0.39 is 6.04 Å². The molecule has 1 atom stereocenters. The highest BCUT2D eigenvalue weighted by Gasteiger charge is 2.15. The van der Waals surface area contributed by atoms with Crippen molar-refractivity contribution >= 4 is 18.4 Å². The average molecular weight is 248 g/mol. The van der Waals surface area contributed by atoms with Gasteiger partial charge in [-0.05, 0) is 6.42 Å². The van der Waals surface area contributed by atoms with Gasteiger partial charge in [0.1, 0.15) is 6.04 Å². The molecule has 0 spiro atoms. The second-order valence-electron chi connectivity index (χ2n) is 3.41. The van der Waals surface area contributed by atoms with E-state index in [0.29, 0.717) is 13.0 Å². The molecule has 0 aliphatic heterocycles. The van der Waals surface area contributed by atoms with Crippen molar-refractivity contribution in [3.05, 3.63) is 18.2 Å². The Morgan fingerprint density at radius 1 is 1.69 bits per heavy atom. The molecule has 5 nitrogen and oxygen atoms in total. The molecule has 0 aliphatic rings. The Balaban J connectivity index is 0.00000225. The minimum absolute atomic E-state index is 0. The van der Waals surface area contributed by atoms with E-state index in [-0.39, 0.29) is 18.4 Å². The van der Waals surface area contributed by atoms with Crippen LogP contribution in [0.5, 0.6) is 0 Å². The first kappa shape index (κ1) is 14.9. The Bertz CT molecular complexity index is 290. The van der Waals surface area contributed by atoms with Crippen LogP contribution in [0.15, 0.2) is 12.5 Å². The quantitative estimate of drug-likeness (QED) is 0.582. The van der Waals surface area contributed by atoms with Gasteiger partial charge in [-0.25, -0.2) is 4.98 Å². The van der Waals surface area contributed by atoms with Gasteiger partial charge in [-0.1, -0.05) is 13.3 Å². The second-order valence-corrected chi connectivity index (χ2v) is 3.41. The van der Waals surface area contributed by atoms with Crippen LogP contribution in [0.4, 0.5) is 0 Å². The van der Waals surface area contributed by atoms with Gasteiger partial charge in [-0.3, -0.25) is 4.79 Å². The predicted octanol–water partition coefficient (Wildman–Crippen LogP) is 1.04. The number of nitrogens with zero attached hydrogens (tertiary/aromatic N) is 1. The van der Waals surface area contributed by atoms with Crippen LogP contribution in [-0.4, -0.2) is 28.6 Å². The molecule has 0 aromatic carbocycles. The molecule has 0 bridgehead atoms. The van der Waals surface area contributed by atoms with E-state index in [1.807, 2.05) is 6.92 Å². The van der Waals surface area contributed by atoms with Crippen LogP contribution in [0.25, 0.3) is 0 Å². The smallest absolute Gasteiger partial charge is 0.323 e. The highest BCUT2D eigenvalue weighted by Crippen LogP contribution is 1.99. The summed E-state index contributed by atoms with van der Waals surface area (Å²) in [4.78, 5) is 18.1. The molecule has 0 saturated carbocycles. The minimum Gasteiger partial charge on any atom is -0.465 e. The molecule has 1 aromatic heterocycles. The highest BCUT2D eigenvalue weighted by molar-refractivity contribution is 5.85. The molecule has 92 valence electrons. The predicted molar refractivity (Wildman–Crippen MR) is 63.4 cm³/mol. The first-order valence-electron chi connectivity index (χ1n) is 5.13. The molecule has 3 N–H and O–H groups in total. The molecule has 16 heavy (non-hydrogen) atoms. The lowest BCUT2D eigenvalue weighted by molar-refractivity contribution is -0.145. The Labute approximate surface area is 101 Å². The number of halogens is 1. The normalized spacial score (nSPS) is 11.6. The Morgan fingerprint density at radius 3 is 3.00 bits per heavy atom. The van der Waals surface area contributed by atoms with Crippen molar-refractivity contribution < 1.29 is 9.53 Å². The van der Waals surface area contributed by atoms with Crippen molar-refractivity contribution in [2.45, 2.75) is 32.2 Å². The number of esters is 1. The van der Waals surface area contributed by atoms with Gasteiger partial charge in [-0.2, -0.15) is 0 Å².